The van der Waals surface area contributed by atoms with Gasteiger partial charge in [0.15, 0.2) is 0 Å². The van der Waals surface area contributed by atoms with Crippen molar-refractivity contribution in [2.45, 2.75) is 26.4 Å². The standard InChI is InChI=1S/C18H21FN2O2/c1-12(2)13-5-3-7-15(9-13)21-17(23)10-20-18-14(11-22)6-4-8-16(18)19/h3-9,12,20,22H,10-11H2,1-2H3,(H,21,23). The van der Waals surface area contributed by atoms with E-state index in [0.717, 1.165) is 5.56 Å². The second kappa shape index (κ2) is 7.74. The Balaban J connectivity index is 2.00. The summed E-state index contributed by atoms with van der Waals surface area (Å²) < 4.78 is 13.8. The fourth-order valence-corrected chi connectivity index (χ4v) is 2.25. The first-order valence-electron chi connectivity index (χ1n) is 7.53. The van der Waals surface area contributed by atoms with Gasteiger partial charge in [-0.15, -0.1) is 0 Å². The van der Waals surface area contributed by atoms with Crippen LogP contribution in [0.15, 0.2) is 42.5 Å². The van der Waals surface area contributed by atoms with Gasteiger partial charge in [0.05, 0.1) is 18.8 Å². The topological polar surface area (TPSA) is 61.4 Å². The molecule has 0 aliphatic rings. The van der Waals surface area contributed by atoms with Crippen molar-refractivity contribution in [2.75, 3.05) is 17.2 Å². The molecule has 0 spiro atoms. The third-order valence-corrected chi connectivity index (χ3v) is 3.53. The smallest absolute Gasteiger partial charge is 0.243 e. The Bertz CT molecular complexity index is 686. The van der Waals surface area contributed by atoms with Gasteiger partial charge >= 0.3 is 0 Å². The molecule has 0 radical (unpaired) electrons. The average Bonchev–Trinajstić information content (AvgIpc) is 2.53. The Labute approximate surface area is 135 Å². The van der Waals surface area contributed by atoms with Crippen LogP contribution < -0.4 is 10.6 Å². The third-order valence-electron chi connectivity index (χ3n) is 3.53. The quantitative estimate of drug-likeness (QED) is 0.764. The first-order chi connectivity index (χ1) is 11.0. The normalized spacial score (nSPS) is 10.7. The number of hydrogen-bond donors (Lipinski definition) is 3. The van der Waals surface area contributed by atoms with Crippen molar-refractivity contribution in [3.8, 4) is 0 Å². The number of carbonyl (C=O) groups is 1. The molecule has 0 fully saturated rings. The molecule has 5 heteroatoms. The van der Waals surface area contributed by atoms with Gasteiger partial charge in [-0.05, 0) is 29.7 Å². The zero-order valence-corrected chi connectivity index (χ0v) is 13.3. The summed E-state index contributed by atoms with van der Waals surface area (Å²) in [5, 5.41) is 14.7. The number of benzene rings is 2. The third kappa shape index (κ3) is 4.53. The Hall–Kier alpha value is -2.40. The maximum absolute atomic E-state index is 13.8. The van der Waals surface area contributed by atoms with Crippen molar-refractivity contribution in [3.05, 3.63) is 59.4 Å². The van der Waals surface area contributed by atoms with Crippen LogP contribution in [0.4, 0.5) is 15.8 Å². The molecule has 0 heterocycles. The van der Waals surface area contributed by atoms with Gasteiger partial charge in [0, 0.05) is 11.3 Å². The van der Waals surface area contributed by atoms with Crippen LogP contribution in [0.1, 0.15) is 30.9 Å². The average molecular weight is 316 g/mol. The number of rotatable bonds is 6. The van der Waals surface area contributed by atoms with Crippen molar-refractivity contribution in [2.24, 2.45) is 0 Å². The minimum atomic E-state index is -0.494. The molecule has 0 atom stereocenters. The van der Waals surface area contributed by atoms with Crippen LogP contribution in [0, 0.1) is 5.82 Å². The highest BCUT2D eigenvalue weighted by Crippen LogP contribution is 2.20. The maximum atomic E-state index is 13.8. The van der Waals surface area contributed by atoms with Gasteiger partial charge < -0.3 is 15.7 Å². The van der Waals surface area contributed by atoms with Gasteiger partial charge in [-0.25, -0.2) is 4.39 Å². The molecule has 1 amide bonds. The zero-order valence-electron chi connectivity index (χ0n) is 13.3. The van der Waals surface area contributed by atoms with E-state index in [1.807, 2.05) is 24.3 Å². The molecule has 0 bridgehead atoms. The van der Waals surface area contributed by atoms with Gasteiger partial charge in [-0.2, -0.15) is 0 Å². The van der Waals surface area contributed by atoms with E-state index in [2.05, 4.69) is 24.5 Å². The molecule has 0 saturated carbocycles. The van der Waals surface area contributed by atoms with E-state index in [1.165, 1.54) is 12.1 Å². The SMILES string of the molecule is CC(C)c1cccc(NC(=O)CNc2c(F)cccc2CO)c1. The summed E-state index contributed by atoms with van der Waals surface area (Å²) in [4.78, 5) is 12.0. The first kappa shape index (κ1) is 17.0. The number of amides is 1. The lowest BCUT2D eigenvalue weighted by Gasteiger charge is -2.13. The minimum absolute atomic E-state index is 0.0835. The van der Waals surface area contributed by atoms with Crippen molar-refractivity contribution in [1.29, 1.82) is 0 Å². The lowest BCUT2D eigenvalue weighted by molar-refractivity contribution is -0.114. The van der Waals surface area contributed by atoms with Gasteiger partial charge in [0.2, 0.25) is 5.91 Å². The molecule has 2 rings (SSSR count). The summed E-state index contributed by atoms with van der Waals surface area (Å²) in [6, 6.07) is 12.0. The molecule has 0 saturated heterocycles. The summed E-state index contributed by atoms with van der Waals surface area (Å²) in [7, 11) is 0. The predicted molar refractivity (Wildman–Crippen MR) is 90.0 cm³/mol. The van der Waals surface area contributed by atoms with Gasteiger partial charge in [0.25, 0.3) is 0 Å². The Morgan fingerprint density at radius 2 is 1.96 bits per heavy atom. The van der Waals surface area contributed by atoms with Crippen LogP contribution >= 0.6 is 0 Å². The van der Waals surface area contributed by atoms with Crippen LogP contribution in [0.2, 0.25) is 0 Å². The number of carbonyl (C=O) groups excluding carboxylic acids is 1. The summed E-state index contributed by atoms with van der Waals surface area (Å²) in [6.07, 6.45) is 0. The first-order valence-corrected chi connectivity index (χ1v) is 7.53. The molecule has 0 aliphatic heterocycles. The molecular formula is C18H21FN2O2. The van der Waals surface area contributed by atoms with Crippen molar-refractivity contribution >= 4 is 17.3 Å². The molecule has 0 aromatic heterocycles. The van der Waals surface area contributed by atoms with E-state index in [-0.39, 0.29) is 24.7 Å². The number of hydrogen-bond acceptors (Lipinski definition) is 3. The van der Waals surface area contributed by atoms with E-state index < -0.39 is 5.82 Å². The molecule has 23 heavy (non-hydrogen) atoms. The second-order valence-corrected chi connectivity index (χ2v) is 5.61. The fourth-order valence-electron chi connectivity index (χ4n) is 2.25. The molecule has 4 nitrogen and oxygen atoms in total. The van der Waals surface area contributed by atoms with E-state index >= 15 is 0 Å². The molecular weight excluding hydrogens is 295 g/mol. The van der Waals surface area contributed by atoms with E-state index in [4.69, 9.17) is 0 Å². The lowest BCUT2D eigenvalue weighted by Crippen LogP contribution is -2.22. The van der Waals surface area contributed by atoms with Crippen LogP contribution in [-0.2, 0) is 11.4 Å². The van der Waals surface area contributed by atoms with E-state index in [1.54, 1.807) is 6.07 Å². The van der Waals surface area contributed by atoms with E-state index in [0.29, 0.717) is 17.2 Å². The van der Waals surface area contributed by atoms with Gasteiger partial charge in [-0.1, -0.05) is 38.1 Å². The predicted octanol–water partition coefficient (Wildman–Crippen LogP) is 3.49. The zero-order chi connectivity index (χ0) is 16.8. The largest absolute Gasteiger partial charge is 0.392 e. The van der Waals surface area contributed by atoms with Crippen LogP contribution in [-0.4, -0.2) is 17.6 Å². The molecule has 122 valence electrons. The Morgan fingerprint density at radius 3 is 2.65 bits per heavy atom. The minimum Gasteiger partial charge on any atom is -0.392 e. The highest BCUT2D eigenvalue weighted by molar-refractivity contribution is 5.93. The number of aliphatic hydroxyl groups excluding tert-OH is 1. The highest BCUT2D eigenvalue weighted by atomic mass is 19.1. The lowest BCUT2D eigenvalue weighted by atomic mass is 10.0. The van der Waals surface area contributed by atoms with E-state index in [9.17, 15) is 14.3 Å². The molecule has 2 aromatic carbocycles. The fraction of sp³-hybridized carbons (Fsp3) is 0.278. The van der Waals surface area contributed by atoms with Crippen molar-refractivity contribution in [1.82, 2.24) is 0 Å². The number of para-hydroxylation sites is 1. The van der Waals surface area contributed by atoms with Crippen LogP contribution in [0.3, 0.4) is 0 Å². The summed E-state index contributed by atoms with van der Waals surface area (Å²) in [5.41, 5.74) is 2.41. The van der Waals surface area contributed by atoms with Crippen molar-refractivity contribution < 1.29 is 14.3 Å². The van der Waals surface area contributed by atoms with Crippen LogP contribution in [0.5, 0.6) is 0 Å². The number of nitrogens with one attached hydrogen (secondary N) is 2. The maximum Gasteiger partial charge on any atom is 0.243 e. The molecule has 0 unspecified atom stereocenters. The molecule has 0 aliphatic carbocycles. The molecule has 3 N–H and O–H groups in total. The number of halogens is 1. The monoisotopic (exact) mass is 316 g/mol. The number of aliphatic hydroxyl groups is 1. The van der Waals surface area contributed by atoms with Gasteiger partial charge in [0.1, 0.15) is 5.82 Å². The van der Waals surface area contributed by atoms with Crippen molar-refractivity contribution in [3.63, 3.8) is 0 Å². The summed E-state index contributed by atoms with van der Waals surface area (Å²) in [5.74, 6) is -0.403. The Kier molecular flexibility index (Phi) is 5.71. The highest BCUT2D eigenvalue weighted by Gasteiger charge is 2.10. The van der Waals surface area contributed by atoms with Gasteiger partial charge in [-0.3, -0.25) is 4.79 Å². The Morgan fingerprint density at radius 1 is 1.22 bits per heavy atom. The van der Waals surface area contributed by atoms with Crippen LogP contribution in [0.25, 0.3) is 0 Å². The number of anilines is 2. The summed E-state index contributed by atoms with van der Waals surface area (Å²) >= 11 is 0. The second-order valence-electron chi connectivity index (χ2n) is 5.61. The molecule has 2 aromatic rings. The summed E-state index contributed by atoms with van der Waals surface area (Å²) in [6.45, 7) is 3.78.